The van der Waals surface area contributed by atoms with Gasteiger partial charge in [-0.1, -0.05) is 12.1 Å². The highest BCUT2D eigenvalue weighted by atomic mass is 32.1. The fraction of sp³-hybridized carbons (Fsp3) is 0.200. The molecule has 0 bridgehead atoms. The van der Waals surface area contributed by atoms with Crippen LogP contribution in [-0.4, -0.2) is 22.7 Å². The molecular weight excluding hydrogens is 274 g/mol. The fourth-order valence-corrected chi connectivity index (χ4v) is 2.47. The molecule has 0 amide bonds. The van der Waals surface area contributed by atoms with Gasteiger partial charge in [-0.2, -0.15) is 0 Å². The predicted octanol–water partition coefficient (Wildman–Crippen LogP) is 3.17. The second-order valence-corrected chi connectivity index (χ2v) is 5.14. The Morgan fingerprint density at radius 2 is 2.35 bits per heavy atom. The molecule has 0 radical (unpaired) electrons. The molecule has 0 aliphatic rings. The molecule has 104 valence electrons. The summed E-state index contributed by atoms with van der Waals surface area (Å²) in [6.07, 6.45) is 3.48. The number of aryl methyl sites for hydroxylation is 1. The Morgan fingerprint density at radius 3 is 3.05 bits per heavy atom. The maximum atomic E-state index is 10.5. The van der Waals surface area contributed by atoms with Crippen LogP contribution in [0.1, 0.15) is 16.1 Å². The van der Waals surface area contributed by atoms with Crippen molar-refractivity contribution < 1.29 is 14.6 Å². The van der Waals surface area contributed by atoms with E-state index in [-0.39, 0.29) is 0 Å². The Morgan fingerprint density at radius 1 is 1.50 bits per heavy atom. The average Bonchev–Trinajstić information content (AvgIpc) is 2.83. The molecule has 0 unspecified atom stereocenters. The average molecular weight is 289 g/mol. The normalized spacial score (nSPS) is 10.8. The quantitative estimate of drug-likeness (QED) is 0.830. The van der Waals surface area contributed by atoms with Crippen LogP contribution in [0.2, 0.25) is 0 Å². The second-order valence-electron chi connectivity index (χ2n) is 4.20. The molecule has 1 aromatic carbocycles. The summed E-state index contributed by atoms with van der Waals surface area (Å²) in [5.41, 5.74) is 3.69. The first-order valence-electron chi connectivity index (χ1n) is 6.18. The predicted molar refractivity (Wildman–Crippen MR) is 79.2 cm³/mol. The van der Waals surface area contributed by atoms with Crippen molar-refractivity contribution in [2.24, 2.45) is 0 Å². The molecule has 0 saturated carbocycles. The summed E-state index contributed by atoms with van der Waals surface area (Å²) in [4.78, 5) is 15.9. The fourth-order valence-electron chi connectivity index (χ4n) is 1.70. The largest absolute Gasteiger partial charge is 0.493 e. The van der Waals surface area contributed by atoms with Gasteiger partial charge in [0.1, 0.15) is 5.75 Å². The van der Waals surface area contributed by atoms with Gasteiger partial charge in [0.2, 0.25) is 0 Å². The Labute approximate surface area is 121 Å². The maximum Gasteiger partial charge on any atom is 0.328 e. The minimum atomic E-state index is -0.961. The summed E-state index contributed by atoms with van der Waals surface area (Å²) in [5.74, 6) is -0.225. The van der Waals surface area contributed by atoms with E-state index in [2.05, 4.69) is 4.98 Å². The highest BCUT2D eigenvalue weighted by Gasteiger charge is 2.02. The number of carboxylic acids is 1. The van der Waals surface area contributed by atoms with Crippen molar-refractivity contribution in [2.45, 2.75) is 13.3 Å². The maximum absolute atomic E-state index is 10.5. The lowest BCUT2D eigenvalue weighted by Crippen LogP contribution is -2.01. The first-order chi connectivity index (χ1) is 9.65. The molecule has 1 N–H and O–H groups in total. The van der Waals surface area contributed by atoms with Gasteiger partial charge in [-0.3, -0.25) is 0 Å². The Balaban J connectivity index is 1.91. The van der Waals surface area contributed by atoms with E-state index < -0.39 is 5.97 Å². The van der Waals surface area contributed by atoms with Gasteiger partial charge in [-0.05, 0) is 30.7 Å². The molecule has 4 nitrogen and oxygen atoms in total. The van der Waals surface area contributed by atoms with E-state index in [9.17, 15) is 4.79 Å². The molecular formula is C15H15NO3S. The standard InChI is InChI=1S/C15H15NO3S/c1-11-14(20-10-16-11)7-8-19-13-4-2-3-12(9-13)5-6-15(17)18/h2-6,9-10H,7-8H2,1H3,(H,17,18). The molecule has 0 aliphatic carbocycles. The Hall–Kier alpha value is -2.14. The van der Waals surface area contributed by atoms with Crippen molar-refractivity contribution in [3.05, 3.63) is 52.0 Å². The lowest BCUT2D eigenvalue weighted by molar-refractivity contribution is -0.131. The number of rotatable bonds is 6. The van der Waals surface area contributed by atoms with Crippen LogP contribution in [0.3, 0.4) is 0 Å². The third kappa shape index (κ3) is 4.20. The van der Waals surface area contributed by atoms with Crippen LogP contribution in [0.25, 0.3) is 6.08 Å². The highest BCUT2D eigenvalue weighted by molar-refractivity contribution is 7.09. The van der Waals surface area contributed by atoms with E-state index in [0.29, 0.717) is 6.61 Å². The molecule has 1 heterocycles. The number of aromatic nitrogens is 1. The molecule has 0 saturated heterocycles. The van der Waals surface area contributed by atoms with E-state index >= 15 is 0 Å². The SMILES string of the molecule is Cc1ncsc1CCOc1cccc(C=CC(=O)O)c1. The van der Waals surface area contributed by atoms with Crippen LogP contribution in [0.4, 0.5) is 0 Å². The first-order valence-corrected chi connectivity index (χ1v) is 7.06. The van der Waals surface area contributed by atoms with Crippen molar-refractivity contribution in [1.29, 1.82) is 0 Å². The van der Waals surface area contributed by atoms with Gasteiger partial charge in [-0.25, -0.2) is 9.78 Å². The summed E-state index contributed by atoms with van der Waals surface area (Å²) < 4.78 is 5.68. The molecule has 20 heavy (non-hydrogen) atoms. The number of aliphatic carboxylic acids is 1. The van der Waals surface area contributed by atoms with Gasteiger partial charge >= 0.3 is 5.97 Å². The molecule has 5 heteroatoms. The number of nitrogens with zero attached hydrogens (tertiary/aromatic N) is 1. The summed E-state index contributed by atoms with van der Waals surface area (Å²) in [6, 6.07) is 7.35. The highest BCUT2D eigenvalue weighted by Crippen LogP contribution is 2.17. The van der Waals surface area contributed by atoms with Crippen LogP contribution in [-0.2, 0) is 11.2 Å². The van der Waals surface area contributed by atoms with Crippen molar-refractivity contribution >= 4 is 23.4 Å². The topological polar surface area (TPSA) is 59.4 Å². The zero-order valence-electron chi connectivity index (χ0n) is 11.1. The zero-order chi connectivity index (χ0) is 14.4. The van der Waals surface area contributed by atoms with Crippen LogP contribution in [0.15, 0.2) is 35.9 Å². The van der Waals surface area contributed by atoms with E-state index in [1.54, 1.807) is 17.4 Å². The minimum absolute atomic E-state index is 0.579. The smallest absolute Gasteiger partial charge is 0.328 e. The van der Waals surface area contributed by atoms with Gasteiger partial charge in [0, 0.05) is 17.4 Å². The van der Waals surface area contributed by atoms with Gasteiger partial charge in [-0.15, -0.1) is 11.3 Å². The number of thiazole rings is 1. The number of carbonyl (C=O) groups is 1. The summed E-state index contributed by atoms with van der Waals surface area (Å²) in [6.45, 7) is 2.57. The molecule has 0 aliphatic heterocycles. The van der Waals surface area contributed by atoms with Gasteiger partial charge in [0.25, 0.3) is 0 Å². The monoisotopic (exact) mass is 289 g/mol. The van der Waals surface area contributed by atoms with Crippen LogP contribution in [0.5, 0.6) is 5.75 Å². The first kappa shape index (κ1) is 14.3. The van der Waals surface area contributed by atoms with Crippen LogP contribution >= 0.6 is 11.3 Å². The van der Waals surface area contributed by atoms with Crippen LogP contribution < -0.4 is 4.74 Å². The van der Waals surface area contributed by atoms with Gasteiger partial charge < -0.3 is 9.84 Å². The molecule has 0 atom stereocenters. The van der Waals surface area contributed by atoms with Crippen molar-refractivity contribution in [3.8, 4) is 5.75 Å². The number of benzene rings is 1. The van der Waals surface area contributed by atoms with Crippen molar-refractivity contribution in [2.75, 3.05) is 6.61 Å². The summed E-state index contributed by atoms with van der Waals surface area (Å²) in [5, 5.41) is 8.59. The van der Waals surface area contributed by atoms with E-state index in [0.717, 1.165) is 29.5 Å². The zero-order valence-corrected chi connectivity index (χ0v) is 11.9. The Kier molecular flexibility index (Phi) is 4.90. The molecule has 0 fully saturated rings. The number of carboxylic acid groups (broad SMARTS) is 1. The molecule has 0 spiro atoms. The Bertz CT molecular complexity index is 619. The number of ether oxygens (including phenoxy) is 1. The van der Waals surface area contributed by atoms with Crippen LogP contribution in [0, 0.1) is 6.92 Å². The second kappa shape index (κ2) is 6.86. The van der Waals surface area contributed by atoms with E-state index in [1.165, 1.54) is 4.88 Å². The summed E-state index contributed by atoms with van der Waals surface area (Å²) >= 11 is 1.63. The third-order valence-electron chi connectivity index (χ3n) is 2.72. The molecule has 1 aromatic heterocycles. The minimum Gasteiger partial charge on any atom is -0.493 e. The number of hydrogen-bond acceptors (Lipinski definition) is 4. The summed E-state index contributed by atoms with van der Waals surface area (Å²) in [7, 11) is 0. The van der Waals surface area contributed by atoms with E-state index in [1.807, 2.05) is 36.7 Å². The van der Waals surface area contributed by atoms with Gasteiger partial charge in [0.15, 0.2) is 0 Å². The molecule has 2 rings (SSSR count). The molecule has 2 aromatic rings. The van der Waals surface area contributed by atoms with Crippen molar-refractivity contribution in [3.63, 3.8) is 0 Å². The lowest BCUT2D eigenvalue weighted by atomic mass is 10.2. The number of hydrogen-bond donors (Lipinski definition) is 1. The lowest BCUT2D eigenvalue weighted by Gasteiger charge is -2.06. The van der Waals surface area contributed by atoms with Gasteiger partial charge in [0.05, 0.1) is 17.8 Å². The third-order valence-corrected chi connectivity index (χ3v) is 3.71. The van der Waals surface area contributed by atoms with Crippen molar-refractivity contribution in [1.82, 2.24) is 4.98 Å². The van der Waals surface area contributed by atoms with E-state index in [4.69, 9.17) is 9.84 Å².